The first-order valence-electron chi connectivity index (χ1n) is 6.57. The van der Waals surface area contributed by atoms with Crippen LogP contribution < -0.4 is 20.5 Å². The van der Waals surface area contributed by atoms with Crippen molar-refractivity contribution in [1.29, 1.82) is 0 Å². The largest absolute Gasteiger partial charge is 0.496 e. The summed E-state index contributed by atoms with van der Waals surface area (Å²) < 4.78 is 30.8. The van der Waals surface area contributed by atoms with Gasteiger partial charge in [0, 0.05) is 18.7 Å². The van der Waals surface area contributed by atoms with Crippen molar-refractivity contribution in [2.45, 2.75) is 19.9 Å². The number of anilines is 1. The highest BCUT2D eigenvalue weighted by molar-refractivity contribution is 7.89. The van der Waals surface area contributed by atoms with Crippen LogP contribution >= 0.6 is 24.0 Å². The van der Waals surface area contributed by atoms with Gasteiger partial charge in [-0.3, -0.25) is 4.79 Å². The fourth-order valence-corrected chi connectivity index (χ4v) is 3.10. The maximum absolute atomic E-state index is 12.1. The molecule has 10 heteroatoms. The first-order valence-corrected chi connectivity index (χ1v) is 8.60. The van der Waals surface area contributed by atoms with Gasteiger partial charge in [0.2, 0.25) is 10.0 Å². The van der Waals surface area contributed by atoms with Crippen LogP contribution in [0.5, 0.6) is 5.75 Å². The second-order valence-electron chi connectivity index (χ2n) is 4.92. The van der Waals surface area contributed by atoms with Crippen molar-refractivity contribution < 1.29 is 17.9 Å². The molecule has 0 aliphatic heterocycles. The van der Waals surface area contributed by atoms with E-state index in [-0.39, 0.29) is 47.1 Å². The summed E-state index contributed by atoms with van der Waals surface area (Å²) in [5, 5.41) is 2.73. The van der Waals surface area contributed by atoms with Crippen LogP contribution in [0.2, 0.25) is 5.02 Å². The number of nitrogen functional groups attached to an aromatic ring is 1. The monoisotopic (exact) mass is 385 g/mol. The maximum atomic E-state index is 12.1. The summed E-state index contributed by atoms with van der Waals surface area (Å²) in [6, 6.07) is 2.62. The highest BCUT2D eigenvalue weighted by atomic mass is 35.5. The van der Waals surface area contributed by atoms with Crippen LogP contribution in [0.3, 0.4) is 0 Å². The van der Waals surface area contributed by atoms with E-state index in [1.54, 1.807) is 13.8 Å². The summed E-state index contributed by atoms with van der Waals surface area (Å²) >= 11 is 5.88. The average molecular weight is 386 g/mol. The molecule has 0 fully saturated rings. The van der Waals surface area contributed by atoms with Gasteiger partial charge in [0.25, 0.3) is 5.91 Å². The Bertz CT molecular complexity index is 651. The fourth-order valence-electron chi connectivity index (χ4n) is 1.73. The average Bonchev–Trinajstić information content (AvgIpc) is 2.39. The van der Waals surface area contributed by atoms with Crippen molar-refractivity contribution in [1.82, 2.24) is 10.0 Å². The molecule has 0 radical (unpaired) electrons. The number of nitrogens with one attached hydrogen (secondary N) is 2. The summed E-state index contributed by atoms with van der Waals surface area (Å²) in [7, 11) is -2.03. The topological polar surface area (TPSA) is 111 Å². The summed E-state index contributed by atoms with van der Waals surface area (Å²) in [5.74, 6) is -0.442. The van der Waals surface area contributed by atoms with E-state index in [9.17, 15) is 13.2 Å². The molecule has 23 heavy (non-hydrogen) atoms. The number of halogens is 2. The Balaban J connectivity index is 0.00000484. The number of amides is 1. The van der Waals surface area contributed by atoms with Gasteiger partial charge < -0.3 is 15.8 Å². The normalized spacial score (nSPS) is 11.0. The molecule has 0 spiro atoms. The fraction of sp³-hybridized carbons (Fsp3) is 0.462. The van der Waals surface area contributed by atoms with E-state index in [2.05, 4.69) is 10.0 Å². The number of rotatable bonds is 7. The molecule has 0 saturated heterocycles. The van der Waals surface area contributed by atoms with E-state index < -0.39 is 15.9 Å². The molecular weight excluding hydrogens is 365 g/mol. The van der Waals surface area contributed by atoms with Crippen LogP contribution in [0.1, 0.15) is 24.2 Å². The summed E-state index contributed by atoms with van der Waals surface area (Å²) in [6.45, 7) is 3.40. The lowest BCUT2D eigenvalue weighted by Gasteiger charge is -2.12. The van der Waals surface area contributed by atoms with Gasteiger partial charge in [-0.2, -0.15) is 0 Å². The van der Waals surface area contributed by atoms with Gasteiger partial charge in [0.15, 0.2) is 0 Å². The molecule has 0 aliphatic rings. The Labute approximate surface area is 147 Å². The van der Waals surface area contributed by atoms with Crippen molar-refractivity contribution in [2.24, 2.45) is 0 Å². The Kier molecular flexibility index (Phi) is 8.68. The highest BCUT2D eigenvalue weighted by Crippen LogP contribution is 2.28. The van der Waals surface area contributed by atoms with Crippen LogP contribution in [0, 0.1) is 0 Å². The van der Waals surface area contributed by atoms with Crippen molar-refractivity contribution in [3.63, 3.8) is 0 Å². The van der Waals surface area contributed by atoms with Gasteiger partial charge >= 0.3 is 0 Å². The Morgan fingerprint density at radius 2 is 2.00 bits per heavy atom. The number of carbonyl (C=O) groups excluding carboxylic acids is 1. The number of carbonyl (C=O) groups is 1. The number of ether oxygens (including phenoxy) is 1. The van der Waals surface area contributed by atoms with E-state index in [1.165, 1.54) is 19.2 Å². The molecule has 0 atom stereocenters. The Morgan fingerprint density at radius 1 is 1.39 bits per heavy atom. The van der Waals surface area contributed by atoms with Gasteiger partial charge in [-0.05, 0) is 19.9 Å². The zero-order valence-electron chi connectivity index (χ0n) is 13.1. The number of hydrogen-bond donors (Lipinski definition) is 3. The first kappa shape index (κ1) is 21.8. The molecule has 0 aliphatic carbocycles. The van der Waals surface area contributed by atoms with E-state index in [0.29, 0.717) is 5.69 Å². The third-order valence-electron chi connectivity index (χ3n) is 2.64. The van der Waals surface area contributed by atoms with E-state index >= 15 is 0 Å². The standard InChI is InChI=1S/C13H20ClN3O4S.ClH/c1-8(2)17-22(19,20)5-4-16-13(18)9-6-10(14)11(15)7-12(9)21-3;/h6-8,17H,4-5,15H2,1-3H3,(H,16,18);1H. The third-order valence-corrected chi connectivity index (χ3v) is 4.53. The predicted molar refractivity (Wildman–Crippen MR) is 94.1 cm³/mol. The minimum Gasteiger partial charge on any atom is -0.496 e. The molecule has 0 unspecified atom stereocenters. The van der Waals surface area contributed by atoms with Gasteiger partial charge in [-0.1, -0.05) is 11.6 Å². The maximum Gasteiger partial charge on any atom is 0.255 e. The Hall–Kier alpha value is -1.22. The van der Waals surface area contributed by atoms with Gasteiger partial charge in [-0.25, -0.2) is 13.1 Å². The number of hydrogen-bond acceptors (Lipinski definition) is 5. The number of nitrogens with two attached hydrogens (primary N) is 1. The predicted octanol–water partition coefficient (Wildman–Crippen LogP) is 1.41. The van der Waals surface area contributed by atoms with Crippen LogP contribution in [0.4, 0.5) is 5.69 Å². The van der Waals surface area contributed by atoms with Gasteiger partial charge in [0.05, 0.1) is 29.1 Å². The summed E-state index contributed by atoms with van der Waals surface area (Å²) in [5.41, 5.74) is 6.12. The van der Waals surface area contributed by atoms with Crippen molar-refractivity contribution in [2.75, 3.05) is 25.1 Å². The summed E-state index contributed by atoms with van der Waals surface area (Å²) in [6.07, 6.45) is 0. The van der Waals surface area contributed by atoms with E-state index in [1.807, 2.05) is 0 Å². The zero-order valence-corrected chi connectivity index (χ0v) is 15.4. The smallest absolute Gasteiger partial charge is 0.255 e. The van der Waals surface area contributed by atoms with Crippen LogP contribution in [-0.4, -0.2) is 39.8 Å². The molecule has 1 aromatic carbocycles. The molecular formula is C13H21Cl2N3O4S. The van der Waals surface area contributed by atoms with Crippen LogP contribution in [0.25, 0.3) is 0 Å². The van der Waals surface area contributed by atoms with Gasteiger partial charge in [-0.15, -0.1) is 12.4 Å². The van der Waals surface area contributed by atoms with Crippen LogP contribution in [0.15, 0.2) is 12.1 Å². The molecule has 0 bridgehead atoms. The molecule has 4 N–H and O–H groups in total. The molecule has 7 nitrogen and oxygen atoms in total. The molecule has 0 aromatic heterocycles. The van der Waals surface area contributed by atoms with Crippen molar-refractivity contribution in [3.05, 3.63) is 22.7 Å². The lowest BCUT2D eigenvalue weighted by atomic mass is 10.1. The Morgan fingerprint density at radius 3 is 2.52 bits per heavy atom. The minimum absolute atomic E-state index is 0. The lowest BCUT2D eigenvalue weighted by Crippen LogP contribution is -2.37. The van der Waals surface area contributed by atoms with Crippen LogP contribution in [-0.2, 0) is 10.0 Å². The molecule has 1 rings (SSSR count). The van der Waals surface area contributed by atoms with E-state index in [0.717, 1.165) is 0 Å². The highest BCUT2D eigenvalue weighted by Gasteiger charge is 2.16. The molecule has 0 saturated carbocycles. The minimum atomic E-state index is -3.43. The number of benzene rings is 1. The third kappa shape index (κ3) is 6.82. The molecule has 0 heterocycles. The molecule has 1 aromatic rings. The second-order valence-corrected chi connectivity index (χ2v) is 7.20. The summed E-state index contributed by atoms with van der Waals surface area (Å²) in [4.78, 5) is 12.1. The van der Waals surface area contributed by atoms with Crippen molar-refractivity contribution in [3.8, 4) is 5.75 Å². The first-order chi connectivity index (χ1) is 10.2. The zero-order chi connectivity index (χ0) is 16.9. The quantitative estimate of drug-likeness (QED) is 0.614. The van der Waals surface area contributed by atoms with E-state index in [4.69, 9.17) is 22.1 Å². The lowest BCUT2D eigenvalue weighted by molar-refractivity contribution is 0.0953. The second kappa shape index (κ2) is 9.17. The number of sulfonamides is 1. The number of methoxy groups -OCH3 is 1. The molecule has 1 amide bonds. The SMILES string of the molecule is COc1cc(N)c(Cl)cc1C(=O)NCCS(=O)(=O)NC(C)C.Cl. The van der Waals surface area contributed by atoms with Gasteiger partial charge in [0.1, 0.15) is 5.75 Å². The van der Waals surface area contributed by atoms with Crippen molar-refractivity contribution >= 4 is 45.6 Å². The molecule has 132 valence electrons.